The van der Waals surface area contributed by atoms with Crippen LogP contribution in [0.1, 0.15) is 213 Å². The zero-order chi connectivity index (χ0) is 28.7. The second-order valence-electron chi connectivity index (χ2n) is 12.7. The molecule has 2 N–H and O–H groups in total. The van der Waals surface area contributed by atoms with Gasteiger partial charge in [-0.2, -0.15) is 0 Å². The first-order valence-electron chi connectivity index (χ1n) is 18.0. The molecule has 3 nitrogen and oxygen atoms in total. The van der Waals surface area contributed by atoms with Gasteiger partial charge in [-0.05, 0) is 25.7 Å². The van der Waals surface area contributed by atoms with Crippen molar-refractivity contribution in [3.8, 4) is 0 Å². The number of unbranched alkanes of at least 4 members (excludes halogenated alkanes) is 24. The van der Waals surface area contributed by atoms with Crippen LogP contribution in [0.2, 0.25) is 0 Å². The second kappa shape index (κ2) is 32.0. The third-order valence-corrected chi connectivity index (χ3v) is 8.74. The number of hydrogen-bond acceptors (Lipinski definition) is 2. The molecule has 0 saturated heterocycles. The maximum atomic E-state index is 11.7. The summed E-state index contributed by atoms with van der Waals surface area (Å²) in [5.74, 6) is -0.694. The van der Waals surface area contributed by atoms with Gasteiger partial charge in [-0.1, -0.05) is 187 Å². The minimum absolute atomic E-state index is 0.0779. The lowest BCUT2D eigenvalue weighted by Crippen LogP contribution is -2.13. The molecule has 0 radical (unpaired) electrons. The summed E-state index contributed by atoms with van der Waals surface area (Å²) < 4.78 is 0. The van der Waals surface area contributed by atoms with E-state index in [9.17, 15) is 15.0 Å². The minimum atomic E-state index is -0.573. The number of carboxylic acids is 1. The molecule has 0 aromatic rings. The van der Waals surface area contributed by atoms with Crippen molar-refractivity contribution in [2.75, 3.05) is 0 Å². The number of aliphatic carboxylic acids is 1. The van der Waals surface area contributed by atoms with E-state index >= 15 is 0 Å². The van der Waals surface area contributed by atoms with E-state index in [0.717, 1.165) is 38.5 Å². The van der Waals surface area contributed by atoms with Gasteiger partial charge in [0.1, 0.15) is 0 Å². The second-order valence-corrected chi connectivity index (χ2v) is 12.7. The SMILES string of the molecule is CCCCCCCCCCCCCCCCC(CCCCCCCCCCCC(O)CCCCCC)C(=O)O. The van der Waals surface area contributed by atoms with Crippen LogP contribution in [0, 0.1) is 5.92 Å². The van der Waals surface area contributed by atoms with Gasteiger partial charge >= 0.3 is 5.97 Å². The Hall–Kier alpha value is -0.570. The summed E-state index contributed by atoms with van der Waals surface area (Å²) in [5.41, 5.74) is 0. The van der Waals surface area contributed by atoms with Gasteiger partial charge in [0.15, 0.2) is 0 Å². The molecule has 0 aromatic carbocycles. The van der Waals surface area contributed by atoms with E-state index in [1.54, 1.807) is 0 Å². The highest BCUT2D eigenvalue weighted by Gasteiger charge is 2.16. The number of aliphatic hydroxyl groups excluding tert-OH is 1. The average molecular weight is 553 g/mol. The Bertz CT molecular complexity index is 478. The minimum Gasteiger partial charge on any atom is -0.481 e. The van der Waals surface area contributed by atoms with Gasteiger partial charge in [-0.15, -0.1) is 0 Å². The molecule has 39 heavy (non-hydrogen) atoms. The summed E-state index contributed by atoms with van der Waals surface area (Å²) in [6.45, 7) is 4.51. The highest BCUT2D eigenvalue weighted by molar-refractivity contribution is 5.69. The lowest BCUT2D eigenvalue weighted by atomic mass is 9.94. The highest BCUT2D eigenvalue weighted by Crippen LogP contribution is 2.20. The van der Waals surface area contributed by atoms with Crippen molar-refractivity contribution in [3.63, 3.8) is 0 Å². The van der Waals surface area contributed by atoms with Crippen molar-refractivity contribution in [2.24, 2.45) is 5.92 Å². The predicted molar refractivity (Wildman–Crippen MR) is 172 cm³/mol. The molecule has 0 aliphatic carbocycles. The first-order chi connectivity index (χ1) is 19.1. The van der Waals surface area contributed by atoms with Gasteiger partial charge in [-0.3, -0.25) is 4.79 Å². The van der Waals surface area contributed by atoms with Crippen molar-refractivity contribution in [2.45, 2.75) is 219 Å². The third-order valence-electron chi connectivity index (χ3n) is 8.74. The Labute approximate surface area is 245 Å². The summed E-state index contributed by atoms with van der Waals surface area (Å²) in [6.07, 6.45) is 38.7. The lowest BCUT2D eigenvalue weighted by Gasteiger charge is -2.12. The largest absolute Gasteiger partial charge is 0.481 e. The van der Waals surface area contributed by atoms with Gasteiger partial charge in [0.25, 0.3) is 0 Å². The standard InChI is InChI=1S/C36H72O3/c1-3-5-7-9-10-11-12-13-14-15-17-20-23-26-30-34(36(38)39)31-27-24-21-18-16-19-22-25-29-33-35(37)32-28-8-6-4-2/h34-35,37H,3-33H2,1-2H3,(H,38,39). The van der Waals surface area contributed by atoms with Crippen molar-refractivity contribution < 1.29 is 15.0 Å². The molecule has 0 aliphatic heterocycles. The fourth-order valence-electron chi connectivity index (χ4n) is 5.94. The summed E-state index contributed by atoms with van der Waals surface area (Å²) in [6, 6.07) is 0. The molecule has 234 valence electrons. The molecule has 0 saturated carbocycles. The van der Waals surface area contributed by atoms with Crippen LogP contribution >= 0.6 is 0 Å². The van der Waals surface area contributed by atoms with Crippen LogP contribution in [0.15, 0.2) is 0 Å². The Kier molecular flexibility index (Phi) is 31.5. The van der Waals surface area contributed by atoms with Gasteiger partial charge in [0, 0.05) is 0 Å². The fraction of sp³-hybridized carbons (Fsp3) is 0.972. The van der Waals surface area contributed by atoms with Crippen molar-refractivity contribution in [1.29, 1.82) is 0 Å². The Morgan fingerprint density at radius 2 is 0.641 bits per heavy atom. The molecule has 0 aromatic heterocycles. The number of carboxylic acid groups (broad SMARTS) is 1. The lowest BCUT2D eigenvalue weighted by molar-refractivity contribution is -0.142. The molecule has 0 fully saturated rings. The molecule has 0 aliphatic rings. The van der Waals surface area contributed by atoms with E-state index < -0.39 is 5.97 Å². The molecular formula is C36H72O3. The van der Waals surface area contributed by atoms with Crippen LogP contribution in [0.5, 0.6) is 0 Å². The first-order valence-corrected chi connectivity index (χ1v) is 18.0. The van der Waals surface area contributed by atoms with Gasteiger partial charge in [0.05, 0.1) is 12.0 Å². The van der Waals surface area contributed by atoms with E-state index in [-0.39, 0.29) is 12.0 Å². The zero-order valence-corrected chi connectivity index (χ0v) is 26.9. The van der Waals surface area contributed by atoms with Gasteiger partial charge in [0.2, 0.25) is 0 Å². The van der Waals surface area contributed by atoms with Crippen molar-refractivity contribution >= 4 is 5.97 Å². The molecule has 0 rings (SSSR count). The van der Waals surface area contributed by atoms with Gasteiger partial charge < -0.3 is 10.2 Å². The summed E-state index contributed by atoms with van der Waals surface area (Å²) in [4.78, 5) is 11.7. The molecule has 2 unspecified atom stereocenters. The van der Waals surface area contributed by atoms with E-state index in [1.807, 2.05) is 0 Å². The first kappa shape index (κ1) is 38.4. The average Bonchev–Trinajstić information content (AvgIpc) is 2.92. The molecular weight excluding hydrogens is 480 g/mol. The number of aliphatic hydroxyl groups is 1. The zero-order valence-electron chi connectivity index (χ0n) is 26.9. The van der Waals surface area contributed by atoms with Crippen LogP contribution in [-0.2, 0) is 4.79 Å². The summed E-state index contributed by atoms with van der Waals surface area (Å²) >= 11 is 0. The number of carbonyl (C=O) groups is 1. The van der Waals surface area contributed by atoms with Crippen LogP contribution in [0.4, 0.5) is 0 Å². The molecule has 0 heterocycles. The van der Waals surface area contributed by atoms with Crippen LogP contribution in [0.3, 0.4) is 0 Å². The normalized spacial score (nSPS) is 13.1. The summed E-state index contributed by atoms with van der Waals surface area (Å²) in [5, 5.41) is 19.7. The maximum absolute atomic E-state index is 11.7. The summed E-state index contributed by atoms with van der Waals surface area (Å²) in [7, 11) is 0. The van der Waals surface area contributed by atoms with E-state index in [4.69, 9.17) is 0 Å². The monoisotopic (exact) mass is 553 g/mol. The number of rotatable bonds is 33. The molecule has 0 bridgehead atoms. The number of hydrogen-bond donors (Lipinski definition) is 2. The fourth-order valence-corrected chi connectivity index (χ4v) is 5.94. The van der Waals surface area contributed by atoms with E-state index in [2.05, 4.69) is 13.8 Å². The quantitative estimate of drug-likeness (QED) is 0.0796. The topological polar surface area (TPSA) is 57.5 Å². The van der Waals surface area contributed by atoms with Crippen molar-refractivity contribution in [3.05, 3.63) is 0 Å². The van der Waals surface area contributed by atoms with Crippen LogP contribution in [-0.4, -0.2) is 22.3 Å². The van der Waals surface area contributed by atoms with E-state index in [0.29, 0.717) is 0 Å². The maximum Gasteiger partial charge on any atom is 0.306 e. The van der Waals surface area contributed by atoms with Gasteiger partial charge in [-0.25, -0.2) is 0 Å². The third kappa shape index (κ3) is 30.2. The Morgan fingerprint density at radius 1 is 0.410 bits per heavy atom. The highest BCUT2D eigenvalue weighted by atomic mass is 16.4. The Balaban J connectivity index is 3.44. The Morgan fingerprint density at radius 3 is 0.923 bits per heavy atom. The molecule has 2 atom stereocenters. The smallest absolute Gasteiger partial charge is 0.306 e. The van der Waals surface area contributed by atoms with Crippen molar-refractivity contribution in [1.82, 2.24) is 0 Å². The predicted octanol–water partition coefficient (Wildman–Crippen LogP) is 12.2. The van der Waals surface area contributed by atoms with Crippen LogP contribution in [0.25, 0.3) is 0 Å². The molecule has 0 spiro atoms. The molecule has 0 amide bonds. The molecule has 3 heteroatoms. The van der Waals surface area contributed by atoms with E-state index in [1.165, 1.54) is 161 Å². The van der Waals surface area contributed by atoms with Crippen LogP contribution < -0.4 is 0 Å².